The van der Waals surface area contributed by atoms with Gasteiger partial charge in [-0.25, -0.2) is 4.98 Å². The molecule has 2 aromatic heterocycles. The van der Waals surface area contributed by atoms with Crippen molar-refractivity contribution in [1.29, 1.82) is 0 Å². The number of nitrogens with zero attached hydrogens (tertiary/aromatic N) is 3. The molecule has 4 rings (SSSR count). The Hall–Kier alpha value is -4.05. The highest BCUT2D eigenvalue weighted by Crippen LogP contribution is 2.31. The number of phenolic OH excluding ortho intramolecular Hbond substituents is 1. The number of aromatic nitrogens is 2. The molecule has 1 amide bonds. The van der Waals surface area contributed by atoms with Crippen molar-refractivity contribution in [2.45, 2.75) is 13.5 Å². The molecular formula is C21H16N4O5S. The van der Waals surface area contributed by atoms with Crippen LogP contribution in [0.3, 0.4) is 0 Å². The molecule has 9 nitrogen and oxygen atoms in total. The standard InChI is InChI=1S/C21H16N4O5S/c1-12-17-20(22-11-24(21(17)28)10-13-5-3-2-4-6-13)31-18(12)19(27)23-15-9-14(25(29)30)7-8-16(15)26/h2-9,11,26H,10H2,1H3,(H,23,27). The van der Waals surface area contributed by atoms with E-state index in [1.54, 1.807) is 6.92 Å². The Morgan fingerprint density at radius 2 is 2.00 bits per heavy atom. The van der Waals surface area contributed by atoms with Gasteiger partial charge in [0, 0.05) is 12.1 Å². The fourth-order valence-corrected chi connectivity index (χ4v) is 4.22. The second-order valence-corrected chi connectivity index (χ2v) is 7.81. The largest absolute Gasteiger partial charge is 0.506 e. The molecule has 0 aliphatic heterocycles. The van der Waals surface area contributed by atoms with Crippen LogP contribution in [-0.4, -0.2) is 25.5 Å². The number of anilines is 1. The first-order chi connectivity index (χ1) is 14.8. The normalized spacial score (nSPS) is 10.9. The van der Waals surface area contributed by atoms with Crippen LogP contribution in [0.5, 0.6) is 5.75 Å². The number of amides is 1. The first kappa shape index (κ1) is 20.2. The summed E-state index contributed by atoms with van der Waals surface area (Å²) in [6.07, 6.45) is 1.45. The Balaban J connectivity index is 1.69. The predicted octanol–water partition coefficient (Wildman–Crippen LogP) is 3.68. The molecule has 0 fully saturated rings. The van der Waals surface area contributed by atoms with Crippen molar-refractivity contribution in [3.8, 4) is 5.75 Å². The SMILES string of the molecule is Cc1c(C(=O)Nc2cc([N+](=O)[O-])ccc2O)sc2ncn(Cc3ccccc3)c(=O)c12. The third-order valence-corrected chi connectivity index (χ3v) is 5.96. The number of hydrogen-bond acceptors (Lipinski definition) is 7. The van der Waals surface area contributed by atoms with Crippen LogP contribution in [0.15, 0.2) is 59.7 Å². The summed E-state index contributed by atoms with van der Waals surface area (Å²) in [7, 11) is 0. The molecule has 0 saturated heterocycles. The van der Waals surface area contributed by atoms with Gasteiger partial charge in [-0.15, -0.1) is 11.3 Å². The second kappa shape index (κ2) is 8.00. The van der Waals surface area contributed by atoms with Crippen molar-refractivity contribution in [1.82, 2.24) is 9.55 Å². The number of fused-ring (bicyclic) bond motifs is 1. The maximum Gasteiger partial charge on any atom is 0.271 e. The lowest BCUT2D eigenvalue weighted by molar-refractivity contribution is -0.384. The fourth-order valence-electron chi connectivity index (χ4n) is 3.19. The average molecular weight is 436 g/mol. The highest BCUT2D eigenvalue weighted by atomic mass is 32.1. The molecule has 0 unspecified atom stereocenters. The fraction of sp³-hybridized carbons (Fsp3) is 0.0952. The molecule has 31 heavy (non-hydrogen) atoms. The van der Waals surface area contributed by atoms with Crippen LogP contribution in [0, 0.1) is 17.0 Å². The van der Waals surface area contributed by atoms with Crippen LogP contribution < -0.4 is 10.9 Å². The number of carbonyl (C=O) groups is 1. The molecule has 0 saturated carbocycles. The number of aromatic hydroxyl groups is 1. The molecule has 2 N–H and O–H groups in total. The number of rotatable bonds is 5. The van der Waals surface area contributed by atoms with E-state index < -0.39 is 10.8 Å². The predicted molar refractivity (Wildman–Crippen MR) is 117 cm³/mol. The lowest BCUT2D eigenvalue weighted by atomic mass is 10.2. The molecule has 4 aromatic rings. The smallest absolute Gasteiger partial charge is 0.271 e. The van der Waals surface area contributed by atoms with Crippen molar-refractivity contribution in [2.75, 3.05) is 5.32 Å². The van der Waals surface area contributed by atoms with Gasteiger partial charge in [0.05, 0.1) is 33.7 Å². The molecule has 0 spiro atoms. The first-order valence-corrected chi connectivity index (χ1v) is 9.98. The van der Waals surface area contributed by atoms with Crippen molar-refractivity contribution in [2.24, 2.45) is 0 Å². The summed E-state index contributed by atoms with van der Waals surface area (Å²) < 4.78 is 1.48. The van der Waals surface area contributed by atoms with Gasteiger partial charge < -0.3 is 10.4 Å². The van der Waals surface area contributed by atoms with Crippen molar-refractivity contribution in [3.63, 3.8) is 0 Å². The third kappa shape index (κ3) is 3.88. The number of phenols is 1. The van der Waals surface area contributed by atoms with E-state index in [1.165, 1.54) is 10.9 Å². The molecule has 2 heterocycles. The maximum absolute atomic E-state index is 13.0. The van der Waals surface area contributed by atoms with E-state index in [1.807, 2.05) is 30.3 Å². The number of aryl methyl sites for hydroxylation is 1. The Morgan fingerprint density at radius 1 is 1.26 bits per heavy atom. The minimum Gasteiger partial charge on any atom is -0.506 e. The van der Waals surface area contributed by atoms with E-state index >= 15 is 0 Å². The van der Waals surface area contributed by atoms with Gasteiger partial charge in [0.2, 0.25) is 0 Å². The molecular weight excluding hydrogens is 420 g/mol. The molecule has 0 aliphatic rings. The number of nitrogens with one attached hydrogen (secondary N) is 1. The number of nitro groups is 1. The van der Waals surface area contributed by atoms with Gasteiger partial charge >= 0.3 is 0 Å². The molecule has 0 atom stereocenters. The van der Waals surface area contributed by atoms with Crippen LogP contribution in [0.1, 0.15) is 20.8 Å². The Bertz CT molecular complexity index is 1380. The molecule has 0 radical (unpaired) electrons. The number of non-ortho nitro benzene ring substituents is 1. The summed E-state index contributed by atoms with van der Waals surface area (Å²) in [5.41, 5.74) is 0.775. The Labute approximate surface area is 179 Å². The van der Waals surface area contributed by atoms with Gasteiger partial charge in [-0.1, -0.05) is 30.3 Å². The molecule has 0 bridgehead atoms. The lowest BCUT2D eigenvalue weighted by Gasteiger charge is -2.07. The molecule has 156 valence electrons. The van der Waals surface area contributed by atoms with Crippen LogP contribution >= 0.6 is 11.3 Å². The van der Waals surface area contributed by atoms with Crippen LogP contribution in [-0.2, 0) is 6.54 Å². The average Bonchev–Trinajstić information content (AvgIpc) is 3.09. The lowest BCUT2D eigenvalue weighted by Crippen LogP contribution is -2.21. The highest BCUT2D eigenvalue weighted by molar-refractivity contribution is 7.20. The van der Waals surface area contributed by atoms with Gasteiger partial charge in [0.25, 0.3) is 17.2 Å². The molecule has 10 heteroatoms. The summed E-state index contributed by atoms with van der Waals surface area (Å²) in [6, 6.07) is 12.8. The van der Waals surface area contributed by atoms with Crippen molar-refractivity contribution >= 4 is 38.8 Å². The van der Waals surface area contributed by atoms with E-state index in [2.05, 4.69) is 10.3 Å². The quantitative estimate of drug-likeness (QED) is 0.279. The summed E-state index contributed by atoms with van der Waals surface area (Å²) >= 11 is 1.04. The Morgan fingerprint density at radius 3 is 2.71 bits per heavy atom. The van der Waals surface area contributed by atoms with E-state index in [0.29, 0.717) is 22.3 Å². The number of nitro benzene ring substituents is 1. The van der Waals surface area contributed by atoms with E-state index in [9.17, 15) is 24.8 Å². The van der Waals surface area contributed by atoms with Gasteiger partial charge in [-0.2, -0.15) is 0 Å². The summed E-state index contributed by atoms with van der Waals surface area (Å²) in [4.78, 5) is 41.1. The zero-order valence-electron chi connectivity index (χ0n) is 16.2. The zero-order chi connectivity index (χ0) is 22.1. The topological polar surface area (TPSA) is 127 Å². The summed E-state index contributed by atoms with van der Waals surface area (Å²) in [5.74, 6) is -0.897. The van der Waals surface area contributed by atoms with Gasteiger partial charge in [-0.3, -0.25) is 24.3 Å². The minimum absolute atomic E-state index is 0.0921. The second-order valence-electron chi connectivity index (χ2n) is 6.81. The molecule has 2 aromatic carbocycles. The zero-order valence-corrected chi connectivity index (χ0v) is 17.0. The third-order valence-electron chi connectivity index (χ3n) is 4.76. The summed E-state index contributed by atoms with van der Waals surface area (Å²) in [6.45, 7) is 2.00. The van der Waals surface area contributed by atoms with E-state index in [4.69, 9.17) is 0 Å². The van der Waals surface area contributed by atoms with Crippen LogP contribution in [0.25, 0.3) is 10.2 Å². The van der Waals surface area contributed by atoms with E-state index in [0.717, 1.165) is 35.1 Å². The first-order valence-electron chi connectivity index (χ1n) is 9.16. The number of thiophene rings is 1. The monoisotopic (exact) mass is 436 g/mol. The summed E-state index contributed by atoms with van der Waals surface area (Å²) in [5, 5.41) is 23.7. The molecule has 0 aliphatic carbocycles. The van der Waals surface area contributed by atoms with Gasteiger partial charge in [0.15, 0.2) is 0 Å². The number of carbonyl (C=O) groups excluding carboxylic acids is 1. The van der Waals surface area contributed by atoms with Crippen LogP contribution in [0.2, 0.25) is 0 Å². The van der Waals surface area contributed by atoms with E-state index in [-0.39, 0.29) is 27.6 Å². The number of hydrogen-bond donors (Lipinski definition) is 2. The van der Waals surface area contributed by atoms with Crippen molar-refractivity contribution < 1.29 is 14.8 Å². The van der Waals surface area contributed by atoms with Gasteiger partial charge in [-0.05, 0) is 24.1 Å². The number of benzene rings is 2. The highest BCUT2D eigenvalue weighted by Gasteiger charge is 2.21. The van der Waals surface area contributed by atoms with Crippen molar-refractivity contribution in [3.05, 3.63) is 91.3 Å². The van der Waals surface area contributed by atoms with Gasteiger partial charge in [0.1, 0.15) is 10.6 Å². The Kier molecular flexibility index (Phi) is 5.22. The van der Waals surface area contributed by atoms with Crippen LogP contribution in [0.4, 0.5) is 11.4 Å². The minimum atomic E-state index is -0.626. The maximum atomic E-state index is 13.0.